The number of thioether (sulfide) groups is 1. The second-order valence-corrected chi connectivity index (χ2v) is 14.1. The fraction of sp³-hybridized carbons (Fsp3) is 0.237. The maximum Gasteiger partial charge on any atom is 0.255 e. The zero-order valence-corrected chi connectivity index (χ0v) is 31.1. The molecule has 1 unspecified atom stereocenters. The van der Waals surface area contributed by atoms with Gasteiger partial charge in [0.2, 0.25) is 11.1 Å². The van der Waals surface area contributed by atoms with Crippen LogP contribution in [0.3, 0.4) is 0 Å². The average molecular weight is 759 g/mol. The summed E-state index contributed by atoms with van der Waals surface area (Å²) in [6, 6.07) is 25.2. The van der Waals surface area contributed by atoms with Gasteiger partial charge in [0, 0.05) is 22.2 Å². The first kappa shape index (κ1) is 34.6. The van der Waals surface area contributed by atoms with Gasteiger partial charge in [-0.2, -0.15) is 4.98 Å². The molecule has 0 saturated carbocycles. The second kappa shape index (κ2) is 15.1. The number of rotatable bonds is 11. The van der Waals surface area contributed by atoms with Crippen LogP contribution in [0, 0.1) is 20.8 Å². The van der Waals surface area contributed by atoms with Gasteiger partial charge >= 0.3 is 0 Å². The van der Waals surface area contributed by atoms with Crippen molar-refractivity contribution in [1.82, 2.24) is 14.8 Å². The number of anilines is 2. The number of ether oxygens (including phenoxy) is 2. The first-order valence-electron chi connectivity index (χ1n) is 15.9. The molecule has 0 spiro atoms. The highest BCUT2D eigenvalue weighted by Gasteiger charge is 2.36. The molecule has 1 aromatic heterocycles. The highest BCUT2D eigenvalue weighted by atomic mass is 79.9. The molecule has 1 aliphatic rings. The van der Waals surface area contributed by atoms with Crippen molar-refractivity contribution in [2.75, 3.05) is 17.2 Å². The SMILES string of the molecule is CCOc1cc(C2C(C(=O)Nc3ccc(C)cc3C)=C(C)Nc3nc(SCc4ccccc4Cl)nn32)cc(Br)c1OCc1ccc(C)cc1. The number of aromatic nitrogens is 3. The minimum Gasteiger partial charge on any atom is -0.490 e. The smallest absolute Gasteiger partial charge is 0.255 e. The van der Waals surface area contributed by atoms with Crippen LogP contribution in [0.15, 0.2) is 99.8 Å². The Kier molecular flexibility index (Phi) is 10.7. The van der Waals surface area contributed by atoms with E-state index in [-0.39, 0.29) is 5.91 Å². The Morgan fingerprint density at radius 3 is 2.49 bits per heavy atom. The summed E-state index contributed by atoms with van der Waals surface area (Å²) in [5, 5.41) is 12.7. The molecule has 1 aliphatic heterocycles. The molecule has 0 aliphatic carbocycles. The molecule has 252 valence electrons. The maximum atomic E-state index is 14.3. The molecule has 11 heteroatoms. The van der Waals surface area contributed by atoms with Crippen molar-refractivity contribution in [1.29, 1.82) is 0 Å². The van der Waals surface area contributed by atoms with Gasteiger partial charge in [-0.3, -0.25) is 4.79 Å². The molecular formula is C38H37BrClN5O3S. The van der Waals surface area contributed by atoms with E-state index in [1.165, 1.54) is 17.3 Å². The summed E-state index contributed by atoms with van der Waals surface area (Å²) in [6.45, 7) is 10.7. The number of benzene rings is 4. The van der Waals surface area contributed by atoms with Crippen molar-refractivity contribution in [3.63, 3.8) is 0 Å². The minimum absolute atomic E-state index is 0.248. The summed E-state index contributed by atoms with van der Waals surface area (Å²) in [5.41, 5.74) is 8.00. The lowest BCUT2D eigenvalue weighted by atomic mass is 9.94. The lowest BCUT2D eigenvalue weighted by Gasteiger charge is -2.29. The summed E-state index contributed by atoms with van der Waals surface area (Å²) in [7, 11) is 0. The number of hydrogen-bond donors (Lipinski definition) is 2. The Morgan fingerprint density at radius 1 is 1.00 bits per heavy atom. The molecule has 0 fully saturated rings. The number of nitrogens with zero attached hydrogens (tertiary/aromatic N) is 3. The van der Waals surface area contributed by atoms with Crippen LogP contribution in [-0.2, 0) is 17.2 Å². The fourth-order valence-electron chi connectivity index (χ4n) is 5.68. The molecule has 49 heavy (non-hydrogen) atoms. The van der Waals surface area contributed by atoms with Crippen LogP contribution in [0.2, 0.25) is 5.02 Å². The van der Waals surface area contributed by atoms with Gasteiger partial charge in [0.25, 0.3) is 5.91 Å². The Hall–Kier alpha value is -4.25. The zero-order chi connectivity index (χ0) is 34.7. The first-order valence-corrected chi connectivity index (χ1v) is 18.1. The van der Waals surface area contributed by atoms with Crippen LogP contribution in [0.4, 0.5) is 11.6 Å². The number of hydrogen-bond acceptors (Lipinski definition) is 7. The summed E-state index contributed by atoms with van der Waals surface area (Å²) < 4.78 is 14.9. The van der Waals surface area contributed by atoms with Crippen LogP contribution < -0.4 is 20.1 Å². The van der Waals surface area contributed by atoms with Gasteiger partial charge in [-0.15, -0.1) is 5.10 Å². The van der Waals surface area contributed by atoms with Crippen LogP contribution in [0.1, 0.15) is 53.3 Å². The minimum atomic E-state index is -0.633. The summed E-state index contributed by atoms with van der Waals surface area (Å²) in [5.74, 6) is 2.01. The highest BCUT2D eigenvalue weighted by Crippen LogP contribution is 2.44. The van der Waals surface area contributed by atoms with E-state index in [4.69, 9.17) is 31.2 Å². The predicted molar refractivity (Wildman–Crippen MR) is 201 cm³/mol. The third-order valence-corrected chi connectivity index (χ3v) is 10.0. The summed E-state index contributed by atoms with van der Waals surface area (Å²) >= 11 is 11.7. The molecule has 6 rings (SSSR count). The second-order valence-electron chi connectivity index (χ2n) is 11.9. The van der Waals surface area contributed by atoms with E-state index >= 15 is 0 Å². The topological polar surface area (TPSA) is 90.3 Å². The van der Waals surface area contributed by atoms with Crippen LogP contribution in [0.5, 0.6) is 11.5 Å². The predicted octanol–water partition coefficient (Wildman–Crippen LogP) is 9.82. The Balaban J connectivity index is 1.39. The molecule has 1 amide bonds. The average Bonchev–Trinajstić information content (AvgIpc) is 3.47. The van der Waals surface area contributed by atoms with Gasteiger partial charge in [-0.05, 0) is 97.1 Å². The van der Waals surface area contributed by atoms with Crippen LogP contribution in [0.25, 0.3) is 0 Å². The van der Waals surface area contributed by atoms with Crippen molar-refractivity contribution in [3.05, 3.63) is 133 Å². The highest BCUT2D eigenvalue weighted by molar-refractivity contribution is 9.10. The van der Waals surface area contributed by atoms with E-state index in [2.05, 4.69) is 57.8 Å². The van der Waals surface area contributed by atoms with Crippen molar-refractivity contribution in [2.24, 2.45) is 0 Å². The van der Waals surface area contributed by atoms with Crippen LogP contribution >= 0.6 is 39.3 Å². The summed E-state index contributed by atoms with van der Waals surface area (Å²) in [4.78, 5) is 19.1. The van der Waals surface area contributed by atoms with Gasteiger partial charge in [0.1, 0.15) is 12.6 Å². The van der Waals surface area contributed by atoms with Gasteiger partial charge < -0.3 is 20.1 Å². The lowest BCUT2D eigenvalue weighted by Crippen LogP contribution is -2.31. The molecule has 0 bridgehead atoms. The van der Waals surface area contributed by atoms with Gasteiger partial charge in [-0.25, -0.2) is 4.68 Å². The van der Waals surface area contributed by atoms with Crippen LogP contribution in [-0.4, -0.2) is 27.3 Å². The van der Waals surface area contributed by atoms with Crippen molar-refractivity contribution >= 4 is 56.8 Å². The number of fused-ring (bicyclic) bond motifs is 1. The maximum absolute atomic E-state index is 14.3. The Bertz CT molecular complexity index is 2050. The largest absolute Gasteiger partial charge is 0.490 e. The molecule has 2 N–H and O–H groups in total. The van der Waals surface area contributed by atoms with Crippen molar-refractivity contribution in [2.45, 2.75) is 58.2 Å². The van der Waals surface area contributed by atoms with Crippen molar-refractivity contribution < 1.29 is 14.3 Å². The Labute approximate surface area is 304 Å². The number of nitrogens with one attached hydrogen (secondary N) is 2. The van der Waals surface area contributed by atoms with E-state index in [0.717, 1.165) is 33.5 Å². The van der Waals surface area contributed by atoms with E-state index in [1.54, 1.807) is 4.68 Å². The standard InChI is InChI=1S/C38H37BrClN5O3S/c1-6-47-32-19-28(18-29(39)35(32)48-20-26-14-11-22(2)12-15-26)34-33(36(46)42-31-16-13-23(3)17-24(31)4)25(5)41-37-43-38(44-45(34)37)49-21-27-9-7-8-10-30(27)40/h7-19,34H,6,20-21H2,1-5H3,(H,42,46)(H,41,43,44). The molecule has 2 heterocycles. The molecule has 0 radical (unpaired) electrons. The Morgan fingerprint density at radius 2 is 1.76 bits per heavy atom. The normalized spacial score (nSPS) is 13.9. The fourth-order valence-corrected chi connectivity index (χ4v) is 7.37. The number of allylic oxidation sites excluding steroid dienone is 1. The lowest BCUT2D eigenvalue weighted by molar-refractivity contribution is -0.113. The third-order valence-electron chi connectivity index (χ3n) is 8.17. The van der Waals surface area contributed by atoms with E-state index in [0.29, 0.717) is 62.3 Å². The first-order chi connectivity index (χ1) is 23.6. The molecule has 0 saturated heterocycles. The molecule has 1 atom stereocenters. The van der Waals surface area contributed by atoms with Gasteiger partial charge in [-0.1, -0.05) is 89.1 Å². The molecule has 8 nitrogen and oxygen atoms in total. The third kappa shape index (κ3) is 7.82. The van der Waals surface area contributed by atoms with Gasteiger partial charge in [0.05, 0.1) is 16.7 Å². The van der Waals surface area contributed by atoms with E-state index in [9.17, 15) is 4.79 Å². The van der Waals surface area contributed by atoms with E-state index in [1.807, 2.05) is 82.3 Å². The summed E-state index contributed by atoms with van der Waals surface area (Å²) in [6.07, 6.45) is 0. The van der Waals surface area contributed by atoms with E-state index < -0.39 is 6.04 Å². The number of carbonyl (C=O) groups is 1. The molecule has 5 aromatic rings. The molecular weight excluding hydrogens is 722 g/mol. The number of amides is 1. The zero-order valence-electron chi connectivity index (χ0n) is 27.9. The number of aryl methyl sites for hydroxylation is 3. The van der Waals surface area contributed by atoms with Gasteiger partial charge in [0.15, 0.2) is 11.5 Å². The monoisotopic (exact) mass is 757 g/mol. The number of carbonyl (C=O) groups excluding carboxylic acids is 1. The quantitative estimate of drug-likeness (QED) is 0.130. The van der Waals surface area contributed by atoms with Crippen molar-refractivity contribution in [3.8, 4) is 11.5 Å². The molecule has 4 aromatic carbocycles. The number of halogens is 2.